The van der Waals surface area contributed by atoms with Crippen LogP contribution in [-0.2, 0) is 4.79 Å². The fourth-order valence-corrected chi connectivity index (χ4v) is 2.14. The number of carbonyl (C=O) groups is 1. The van der Waals surface area contributed by atoms with Gasteiger partial charge in [0.1, 0.15) is 0 Å². The van der Waals surface area contributed by atoms with E-state index in [4.69, 9.17) is 5.11 Å². The molecule has 0 spiro atoms. The number of piperidine rings is 1. The van der Waals surface area contributed by atoms with Crippen molar-refractivity contribution in [3.05, 3.63) is 0 Å². The monoisotopic (exact) mass is 228 g/mol. The smallest absolute Gasteiger partial charge is 0.317 e. The molecule has 1 rings (SSSR count). The van der Waals surface area contributed by atoms with Gasteiger partial charge in [-0.3, -0.25) is 9.69 Å². The Kier molecular flexibility index (Phi) is 5.22. The van der Waals surface area contributed by atoms with Crippen LogP contribution in [0.4, 0.5) is 0 Å². The van der Waals surface area contributed by atoms with E-state index in [0.717, 1.165) is 38.4 Å². The highest BCUT2D eigenvalue weighted by atomic mass is 16.4. The van der Waals surface area contributed by atoms with E-state index in [1.165, 1.54) is 0 Å². The second kappa shape index (κ2) is 6.21. The van der Waals surface area contributed by atoms with Crippen LogP contribution < -0.4 is 0 Å². The molecule has 1 N–H and O–H groups in total. The van der Waals surface area contributed by atoms with Crippen molar-refractivity contribution in [2.45, 2.75) is 32.7 Å². The minimum Gasteiger partial charge on any atom is -0.480 e. The highest BCUT2D eigenvalue weighted by molar-refractivity contribution is 5.69. The standard InChI is InChI=1S/C12H24N2O2/c1-10(2)13(3)8-11-4-6-14(7-5-11)9-12(15)16/h10-11H,4-9H2,1-3H3,(H,15,16). The van der Waals surface area contributed by atoms with Gasteiger partial charge in [-0.25, -0.2) is 0 Å². The molecule has 4 nitrogen and oxygen atoms in total. The fraction of sp³-hybridized carbons (Fsp3) is 0.917. The van der Waals surface area contributed by atoms with Crippen molar-refractivity contribution in [3.63, 3.8) is 0 Å². The molecule has 0 unspecified atom stereocenters. The lowest BCUT2D eigenvalue weighted by molar-refractivity contribution is -0.138. The van der Waals surface area contributed by atoms with Crippen molar-refractivity contribution in [2.24, 2.45) is 5.92 Å². The molecule has 94 valence electrons. The summed E-state index contributed by atoms with van der Waals surface area (Å²) in [5.74, 6) is 0.0233. The molecule has 0 aromatic heterocycles. The van der Waals surface area contributed by atoms with Crippen LogP contribution in [0, 0.1) is 5.92 Å². The molecule has 0 amide bonds. The van der Waals surface area contributed by atoms with Crippen LogP contribution in [0.5, 0.6) is 0 Å². The third-order valence-corrected chi connectivity index (χ3v) is 3.49. The number of hydrogen-bond acceptors (Lipinski definition) is 3. The lowest BCUT2D eigenvalue weighted by atomic mass is 9.96. The summed E-state index contributed by atoms with van der Waals surface area (Å²) >= 11 is 0. The predicted octanol–water partition coefficient (Wildman–Crippen LogP) is 1.12. The molecule has 0 radical (unpaired) electrons. The minimum absolute atomic E-state index is 0.201. The maximum atomic E-state index is 10.6. The largest absolute Gasteiger partial charge is 0.480 e. The lowest BCUT2D eigenvalue weighted by Crippen LogP contribution is -2.41. The van der Waals surface area contributed by atoms with Crippen LogP contribution >= 0.6 is 0 Å². The van der Waals surface area contributed by atoms with Crippen molar-refractivity contribution in [2.75, 3.05) is 33.2 Å². The van der Waals surface area contributed by atoms with E-state index in [0.29, 0.717) is 6.04 Å². The lowest BCUT2D eigenvalue weighted by Gasteiger charge is -2.34. The molecule has 1 fully saturated rings. The van der Waals surface area contributed by atoms with E-state index < -0.39 is 5.97 Å². The zero-order chi connectivity index (χ0) is 12.1. The van der Waals surface area contributed by atoms with Crippen molar-refractivity contribution in [3.8, 4) is 0 Å². The van der Waals surface area contributed by atoms with Gasteiger partial charge in [0.2, 0.25) is 0 Å². The zero-order valence-corrected chi connectivity index (χ0v) is 10.6. The first-order chi connectivity index (χ1) is 7.49. The molecule has 1 aliphatic rings. The first-order valence-electron chi connectivity index (χ1n) is 6.13. The number of likely N-dealkylation sites (tertiary alicyclic amines) is 1. The molecular weight excluding hydrogens is 204 g/mol. The SMILES string of the molecule is CC(C)N(C)CC1CCN(CC(=O)O)CC1. The summed E-state index contributed by atoms with van der Waals surface area (Å²) in [7, 11) is 2.16. The quantitative estimate of drug-likeness (QED) is 0.766. The molecule has 16 heavy (non-hydrogen) atoms. The Morgan fingerprint density at radius 2 is 2.00 bits per heavy atom. The Morgan fingerprint density at radius 3 is 2.44 bits per heavy atom. The molecule has 0 saturated carbocycles. The van der Waals surface area contributed by atoms with E-state index in [1.54, 1.807) is 0 Å². The number of rotatable bonds is 5. The second-order valence-corrected chi connectivity index (χ2v) is 5.15. The van der Waals surface area contributed by atoms with Crippen LogP contribution in [0.1, 0.15) is 26.7 Å². The van der Waals surface area contributed by atoms with Crippen LogP contribution in [0.25, 0.3) is 0 Å². The van der Waals surface area contributed by atoms with Gasteiger partial charge >= 0.3 is 5.97 Å². The van der Waals surface area contributed by atoms with Gasteiger partial charge in [-0.1, -0.05) is 0 Å². The van der Waals surface area contributed by atoms with Gasteiger partial charge in [-0.05, 0) is 52.7 Å². The van der Waals surface area contributed by atoms with Crippen molar-refractivity contribution >= 4 is 5.97 Å². The molecule has 0 aromatic rings. The van der Waals surface area contributed by atoms with E-state index in [-0.39, 0.29) is 6.54 Å². The van der Waals surface area contributed by atoms with E-state index >= 15 is 0 Å². The van der Waals surface area contributed by atoms with Crippen molar-refractivity contribution < 1.29 is 9.90 Å². The Bertz CT molecular complexity index is 223. The number of hydrogen-bond donors (Lipinski definition) is 1. The highest BCUT2D eigenvalue weighted by Crippen LogP contribution is 2.18. The molecule has 1 heterocycles. The van der Waals surface area contributed by atoms with Crippen LogP contribution in [0.2, 0.25) is 0 Å². The Morgan fingerprint density at radius 1 is 1.44 bits per heavy atom. The summed E-state index contributed by atoms with van der Waals surface area (Å²) in [6.07, 6.45) is 2.26. The third kappa shape index (κ3) is 4.49. The normalized spacial score (nSPS) is 19.6. The fourth-order valence-electron chi connectivity index (χ4n) is 2.14. The van der Waals surface area contributed by atoms with Crippen LogP contribution in [0.3, 0.4) is 0 Å². The molecule has 0 bridgehead atoms. The topological polar surface area (TPSA) is 43.8 Å². The molecule has 4 heteroatoms. The molecule has 0 aromatic carbocycles. The molecule has 1 saturated heterocycles. The maximum Gasteiger partial charge on any atom is 0.317 e. The average Bonchev–Trinajstić information content (AvgIpc) is 2.20. The van der Waals surface area contributed by atoms with Crippen molar-refractivity contribution in [1.29, 1.82) is 0 Å². The summed E-state index contributed by atoms with van der Waals surface area (Å²) in [6, 6.07) is 0.594. The summed E-state index contributed by atoms with van der Waals surface area (Å²) < 4.78 is 0. The summed E-state index contributed by atoms with van der Waals surface area (Å²) in [6.45, 7) is 7.62. The van der Waals surface area contributed by atoms with Gasteiger partial charge in [0.25, 0.3) is 0 Å². The summed E-state index contributed by atoms with van der Waals surface area (Å²) in [4.78, 5) is 15.0. The van der Waals surface area contributed by atoms with Gasteiger partial charge in [-0.2, -0.15) is 0 Å². The summed E-state index contributed by atoms with van der Waals surface area (Å²) in [5.41, 5.74) is 0. The van der Waals surface area contributed by atoms with Crippen LogP contribution in [-0.4, -0.2) is 60.1 Å². The van der Waals surface area contributed by atoms with Gasteiger partial charge in [0.15, 0.2) is 0 Å². The molecule has 0 aliphatic carbocycles. The Balaban J connectivity index is 2.24. The van der Waals surface area contributed by atoms with E-state index in [9.17, 15) is 4.79 Å². The van der Waals surface area contributed by atoms with Crippen LogP contribution in [0.15, 0.2) is 0 Å². The first-order valence-corrected chi connectivity index (χ1v) is 6.13. The van der Waals surface area contributed by atoms with Gasteiger partial charge in [0, 0.05) is 12.6 Å². The molecule has 0 atom stereocenters. The Hall–Kier alpha value is -0.610. The Labute approximate surface area is 98.2 Å². The highest BCUT2D eigenvalue weighted by Gasteiger charge is 2.21. The number of carboxylic acids is 1. The molecule has 1 aliphatic heterocycles. The van der Waals surface area contributed by atoms with Gasteiger partial charge in [-0.15, -0.1) is 0 Å². The third-order valence-electron chi connectivity index (χ3n) is 3.49. The number of nitrogens with zero attached hydrogens (tertiary/aromatic N) is 2. The number of carboxylic acid groups (broad SMARTS) is 1. The minimum atomic E-state index is -0.710. The molecular formula is C12H24N2O2. The van der Waals surface area contributed by atoms with Crippen molar-refractivity contribution in [1.82, 2.24) is 9.80 Å². The van der Waals surface area contributed by atoms with E-state index in [1.807, 2.05) is 4.90 Å². The summed E-state index contributed by atoms with van der Waals surface area (Å²) in [5, 5.41) is 8.70. The predicted molar refractivity (Wildman–Crippen MR) is 64.6 cm³/mol. The average molecular weight is 228 g/mol. The first kappa shape index (κ1) is 13.5. The maximum absolute atomic E-state index is 10.6. The zero-order valence-electron chi connectivity index (χ0n) is 10.6. The van der Waals surface area contributed by atoms with E-state index in [2.05, 4.69) is 25.8 Å². The number of aliphatic carboxylic acids is 1. The second-order valence-electron chi connectivity index (χ2n) is 5.15. The van der Waals surface area contributed by atoms with Gasteiger partial charge in [0.05, 0.1) is 6.54 Å². The van der Waals surface area contributed by atoms with Gasteiger partial charge < -0.3 is 10.0 Å².